The first-order chi connectivity index (χ1) is 15.3. The highest BCUT2D eigenvalue weighted by Gasteiger charge is 2.28. The van der Waals surface area contributed by atoms with Gasteiger partial charge < -0.3 is 0 Å². The Kier molecular flexibility index (Phi) is 7.66. The fourth-order valence-corrected chi connectivity index (χ4v) is 4.75. The second kappa shape index (κ2) is 10.4. The second-order valence-electron chi connectivity index (χ2n) is 7.05. The fraction of sp³-hybridized carbons (Fsp3) is 0.167. The number of carbonyl (C=O) groups excluding carboxylic acids is 1. The first-order valence-electron chi connectivity index (χ1n) is 10.1. The summed E-state index contributed by atoms with van der Waals surface area (Å²) < 4.78 is 28.0. The van der Waals surface area contributed by atoms with Gasteiger partial charge in [-0.25, -0.2) is 13.8 Å². The summed E-state index contributed by atoms with van der Waals surface area (Å²) in [5.74, 6) is -0.552. The van der Waals surface area contributed by atoms with Crippen LogP contribution in [0.2, 0.25) is 5.02 Å². The molecule has 0 aliphatic heterocycles. The highest BCUT2D eigenvalue weighted by atomic mass is 35.5. The third kappa shape index (κ3) is 5.55. The Bertz CT molecular complexity index is 1210. The predicted molar refractivity (Wildman–Crippen MR) is 129 cm³/mol. The molecule has 0 spiro atoms. The Morgan fingerprint density at radius 1 is 0.969 bits per heavy atom. The third-order valence-corrected chi connectivity index (χ3v) is 6.90. The van der Waals surface area contributed by atoms with Crippen LogP contribution in [0.15, 0.2) is 88.9 Å². The average molecular weight is 470 g/mol. The summed E-state index contributed by atoms with van der Waals surface area (Å²) in [7, 11) is -3.97. The highest BCUT2D eigenvalue weighted by molar-refractivity contribution is 7.92. The number of rotatable bonds is 8. The number of carbonyl (C=O) groups is 1. The zero-order valence-corrected chi connectivity index (χ0v) is 19.4. The van der Waals surface area contributed by atoms with E-state index in [1.54, 1.807) is 61.5 Å². The molecule has 0 fully saturated rings. The van der Waals surface area contributed by atoms with E-state index in [9.17, 15) is 13.2 Å². The van der Waals surface area contributed by atoms with E-state index >= 15 is 0 Å². The van der Waals surface area contributed by atoms with Gasteiger partial charge in [-0.3, -0.25) is 9.10 Å². The van der Waals surface area contributed by atoms with Crippen molar-refractivity contribution in [3.05, 3.63) is 95.0 Å². The molecule has 3 aromatic carbocycles. The van der Waals surface area contributed by atoms with E-state index in [-0.39, 0.29) is 4.90 Å². The Labute approximate surface area is 193 Å². The van der Waals surface area contributed by atoms with Crippen molar-refractivity contribution in [3.63, 3.8) is 0 Å². The largest absolute Gasteiger partial charge is 0.271 e. The van der Waals surface area contributed by atoms with Gasteiger partial charge >= 0.3 is 0 Å². The van der Waals surface area contributed by atoms with Crippen molar-refractivity contribution in [1.29, 1.82) is 0 Å². The quantitative estimate of drug-likeness (QED) is 0.385. The molecular formula is C24H24ClN3O3S. The lowest BCUT2D eigenvalue weighted by Gasteiger charge is -2.25. The maximum atomic E-state index is 13.4. The van der Waals surface area contributed by atoms with E-state index < -0.39 is 22.5 Å². The third-order valence-electron chi connectivity index (χ3n) is 4.87. The van der Waals surface area contributed by atoms with Crippen LogP contribution in [-0.2, 0) is 21.2 Å². The van der Waals surface area contributed by atoms with E-state index in [0.29, 0.717) is 22.8 Å². The van der Waals surface area contributed by atoms with Crippen molar-refractivity contribution in [2.75, 3.05) is 10.8 Å². The van der Waals surface area contributed by atoms with E-state index in [1.807, 2.05) is 19.1 Å². The maximum absolute atomic E-state index is 13.4. The summed E-state index contributed by atoms with van der Waals surface area (Å²) >= 11 is 5.91. The summed E-state index contributed by atoms with van der Waals surface area (Å²) in [6, 6.07) is 22.2. The van der Waals surface area contributed by atoms with E-state index in [1.165, 1.54) is 12.1 Å². The number of sulfonamides is 1. The Morgan fingerprint density at radius 3 is 2.25 bits per heavy atom. The number of para-hydroxylation sites is 1. The van der Waals surface area contributed by atoms with Crippen molar-refractivity contribution in [3.8, 4) is 0 Å². The monoisotopic (exact) mass is 469 g/mol. The molecule has 0 unspecified atom stereocenters. The molecule has 0 bridgehead atoms. The van der Waals surface area contributed by atoms with Gasteiger partial charge in [0.15, 0.2) is 0 Å². The lowest BCUT2D eigenvalue weighted by Crippen LogP contribution is -2.40. The van der Waals surface area contributed by atoms with Gasteiger partial charge in [0.2, 0.25) is 0 Å². The molecule has 0 atom stereocenters. The van der Waals surface area contributed by atoms with Gasteiger partial charge in [-0.05, 0) is 54.8 Å². The molecule has 0 saturated carbocycles. The van der Waals surface area contributed by atoms with Gasteiger partial charge in [0, 0.05) is 5.02 Å². The summed E-state index contributed by atoms with van der Waals surface area (Å²) in [5, 5.41) is 4.72. The van der Waals surface area contributed by atoms with Gasteiger partial charge in [0.1, 0.15) is 6.54 Å². The van der Waals surface area contributed by atoms with Gasteiger partial charge in [-0.1, -0.05) is 67.1 Å². The van der Waals surface area contributed by atoms with Crippen molar-refractivity contribution < 1.29 is 13.2 Å². The number of anilines is 1. The van der Waals surface area contributed by atoms with E-state index in [4.69, 9.17) is 11.6 Å². The van der Waals surface area contributed by atoms with E-state index in [0.717, 1.165) is 15.4 Å². The molecule has 0 aliphatic carbocycles. The van der Waals surface area contributed by atoms with Crippen LogP contribution in [0.3, 0.4) is 0 Å². The van der Waals surface area contributed by atoms with Crippen molar-refractivity contribution in [2.24, 2.45) is 5.10 Å². The number of hydrogen-bond acceptors (Lipinski definition) is 4. The van der Waals surface area contributed by atoms with Gasteiger partial charge in [0.05, 0.1) is 16.3 Å². The van der Waals surface area contributed by atoms with Crippen LogP contribution < -0.4 is 9.73 Å². The Balaban J connectivity index is 1.90. The molecule has 6 nitrogen and oxygen atoms in total. The van der Waals surface area contributed by atoms with Crippen LogP contribution in [0.5, 0.6) is 0 Å². The van der Waals surface area contributed by atoms with Crippen LogP contribution in [0.4, 0.5) is 5.69 Å². The zero-order valence-electron chi connectivity index (χ0n) is 17.8. The molecule has 0 aliphatic rings. The second-order valence-corrected chi connectivity index (χ2v) is 9.34. The number of nitrogens with one attached hydrogen (secondary N) is 1. The summed E-state index contributed by atoms with van der Waals surface area (Å²) in [6.07, 6.45) is 0.617. The van der Waals surface area contributed by atoms with E-state index in [2.05, 4.69) is 10.5 Å². The minimum absolute atomic E-state index is 0.111. The lowest BCUT2D eigenvalue weighted by molar-refractivity contribution is -0.119. The summed E-state index contributed by atoms with van der Waals surface area (Å²) in [4.78, 5) is 12.9. The van der Waals surface area contributed by atoms with Gasteiger partial charge in [-0.2, -0.15) is 5.10 Å². The molecule has 166 valence electrons. The molecule has 0 radical (unpaired) electrons. The molecular weight excluding hydrogens is 446 g/mol. The van der Waals surface area contributed by atoms with Crippen molar-refractivity contribution in [1.82, 2.24) is 5.43 Å². The Hall–Kier alpha value is -3.16. The van der Waals surface area contributed by atoms with Gasteiger partial charge in [0.25, 0.3) is 15.9 Å². The first-order valence-corrected chi connectivity index (χ1v) is 11.9. The van der Waals surface area contributed by atoms with Gasteiger partial charge in [-0.15, -0.1) is 0 Å². The SMILES string of the molecule is CCc1ccccc1N(CC(=O)N/N=C(/C)c1ccc(Cl)cc1)S(=O)(=O)c1ccccc1. The number of nitrogens with zero attached hydrogens (tertiary/aromatic N) is 2. The van der Waals surface area contributed by atoms with Crippen LogP contribution >= 0.6 is 11.6 Å². The molecule has 0 saturated heterocycles. The average Bonchev–Trinajstić information content (AvgIpc) is 2.82. The maximum Gasteiger partial charge on any atom is 0.264 e. The molecule has 1 amide bonds. The number of benzene rings is 3. The lowest BCUT2D eigenvalue weighted by atomic mass is 10.1. The van der Waals surface area contributed by atoms with Crippen LogP contribution in [0, 0.1) is 0 Å². The van der Waals surface area contributed by atoms with Crippen LogP contribution in [-0.4, -0.2) is 26.6 Å². The molecule has 8 heteroatoms. The first kappa shape index (κ1) is 23.5. The van der Waals surface area contributed by atoms with Crippen molar-refractivity contribution >= 4 is 38.9 Å². The molecule has 3 rings (SSSR count). The molecule has 1 N–H and O–H groups in total. The topological polar surface area (TPSA) is 78.8 Å². The highest BCUT2D eigenvalue weighted by Crippen LogP contribution is 2.27. The Morgan fingerprint density at radius 2 is 1.59 bits per heavy atom. The molecule has 0 heterocycles. The summed E-state index contributed by atoms with van der Waals surface area (Å²) in [6.45, 7) is 3.27. The summed E-state index contributed by atoms with van der Waals surface area (Å²) in [5.41, 5.74) is 5.11. The zero-order chi connectivity index (χ0) is 23.1. The smallest absolute Gasteiger partial charge is 0.264 e. The van der Waals surface area contributed by atoms with Crippen LogP contribution in [0.1, 0.15) is 25.0 Å². The number of hydrogen-bond donors (Lipinski definition) is 1. The normalized spacial score (nSPS) is 11.8. The minimum Gasteiger partial charge on any atom is -0.271 e. The number of hydrazone groups is 1. The number of halogens is 1. The van der Waals surface area contributed by atoms with Crippen molar-refractivity contribution in [2.45, 2.75) is 25.2 Å². The predicted octanol–water partition coefficient (Wildman–Crippen LogP) is 4.64. The number of amides is 1. The molecule has 3 aromatic rings. The molecule has 0 aromatic heterocycles. The molecule has 32 heavy (non-hydrogen) atoms. The fourth-order valence-electron chi connectivity index (χ4n) is 3.14. The number of aryl methyl sites for hydroxylation is 1. The minimum atomic E-state index is -3.97. The standard InChI is InChI=1S/C24H24ClN3O3S/c1-3-19-9-7-8-12-23(19)28(32(30,31)22-10-5-4-6-11-22)17-24(29)27-26-18(2)20-13-15-21(25)16-14-20/h4-16H,3,17H2,1-2H3,(H,27,29)/b26-18-. The van der Waals surface area contributed by atoms with Crippen LogP contribution in [0.25, 0.3) is 0 Å².